The Balaban J connectivity index is 2.17. The Bertz CT molecular complexity index is 646. The van der Waals surface area contributed by atoms with Crippen LogP contribution >= 0.6 is 61.1 Å². The van der Waals surface area contributed by atoms with Crippen molar-refractivity contribution in [3.05, 3.63) is 23.2 Å². The fourth-order valence-corrected chi connectivity index (χ4v) is 5.47. The summed E-state index contributed by atoms with van der Waals surface area (Å²) < 4.78 is 3.57. The Morgan fingerprint density at radius 1 is 1.36 bits per heavy atom. The van der Waals surface area contributed by atoms with Crippen LogP contribution in [0.3, 0.4) is 0 Å². The van der Waals surface area contributed by atoms with Crippen LogP contribution in [-0.4, -0.2) is 16.8 Å². The highest BCUT2D eigenvalue weighted by Gasteiger charge is 2.39. The summed E-state index contributed by atoms with van der Waals surface area (Å²) in [7, 11) is 0. The van der Waals surface area contributed by atoms with Crippen molar-refractivity contribution >= 4 is 78.5 Å². The average molecular weight is 590 g/mol. The van der Waals surface area contributed by atoms with Gasteiger partial charge < -0.3 is 5.11 Å². The van der Waals surface area contributed by atoms with E-state index in [0.29, 0.717) is 0 Å². The van der Waals surface area contributed by atoms with Gasteiger partial charge in [-0.25, -0.2) is 0 Å². The normalized spacial score (nSPS) is 20.0. The van der Waals surface area contributed by atoms with E-state index in [1.54, 1.807) is 0 Å². The summed E-state index contributed by atoms with van der Waals surface area (Å²) in [5, 5.41) is 8.71. The van der Waals surface area contributed by atoms with E-state index < -0.39 is 5.97 Å². The van der Waals surface area contributed by atoms with Crippen molar-refractivity contribution in [1.82, 2.24) is 0 Å². The second-order valence-electron chi connectivity index (χ2n) is 5.86. The quantitative estimate of drug-likeness (QED) is 0.249. The van der Waals surface area contributed by atoms with Gasteiger partial charge in [-0.2, -0.15) is 0 Å². The minimum Gasteiger partial charge on any atom is -0.481 e. The summed E-state index contributed by atoms with van der Waals surface area (Å²) in [6.07, 6.45) is 4.00. The molecule has 1 aliphatic rings. The van der Waals surface area contributed by atoms with Gasteiger partial charge in [-0.1, -0.05) is 19.8 Å². The summed E-state index contributed by atoms with van der Waals surface area (Å²) in [6.45, 7) is 4.37. The number of aliphatic carboxylic acids is 1. The molecule has 0 radical (unpaired) electrons. The first-order chi connectivity index (χ1) is 10.3. The molecule has 6 heteroatoms. The van der Waals surface area contributed by atoms with Crippen molar-refractivity contribution in [2.75, 3.05) is 0 Å². The number of benzene rings is 1. The predicted molar refractivity (Wildman–Crippen MR) is 110 cm³/mol. The van der Waals surface area contributed by atoms with E-state index in [-0.39, 0.29) is 11.8 Å². The zero-order valence-corrected chi connectivity index (χ0v) is 18.5. The molecule has 0 aromatic heterocycles. The standard InChI is InChI=1S/C16H18BrI2NO2/c1-9-16(2,7-5-3-4-6-12(21)22)13-11(20-9)8-10(18)14(17)15(13)19/h8H,3-7H2,1-2H3,(H,21,22). The number of hydrogen-bond acceptors (Lipinski definition) is 2. The zero-order valence-electron chi connectivity index (χ0n) is 12.5. The lowest BCUT2D eigenvalue weighted by molar-refractivity contribution is -0.137. The number of nitrogens with zero attached hydrogens (tertiary/aromatic N) is 1. The molecule has 1 heterocycles. The van der Waals surface area contributed by atoms with Crippen LogP contribution in [0.1, 0.15) is 51.5 Å². The number of aliphatic imine (C=N–C) groups is 1. The molecule has 3 nitrogen and oxygen atoms in total. The topological polar surface area (TPSA) is 49.7 Å². The van der Waals surface area contributed by atoms with Crippen LogP contribution in [-0.2, 0) is 10.2 Å². The van der Waals surface area contributed by atoms with Gasteiger partial charge in [0.15, 0.2) is 0 Å². The molecule has 0 aliphatic carbocycles. The third-order valence-electron chi connectivity index (χ3n) is 4.35. The predicted octanol–water partition coefficient (Wildman–Crippen LogP) is 6.06. The summed E-state index contributed by atoms with van der Waals surface area (Å²) in [5.41, 5.74) is 3.52. The summed E-state index contributed by atoms with van der Waals surface area (Å²) in [4.78, 5) is 15.4. The van der Waals surface area contributed by atoms with E-state index in [1.165, 1.54) is 12.7 Å². The molecule has 1 aliphatic heterocycles. The first kappa shape index (κ1) is 18.6. The molecule has 22 heavy (non-hydrogen) atoms. The van der Waals surface area contributed by atoms with Crippen molar-refractivity contribution < 1.29 is 9.90 Å². The highest BCUT2D eigenvalue weighted by molar-refractivity contribution is 14.1. The first-order valence-corrected chi connectivity index (χ1v) is 10.2. The molecule has 0 fully saturated rings. The molecule has 0 spiro atoms. The number of halogens is 3. The van der Waals surface area contributed by atoms with Gasteiger partial charge >= 0.3 is 5.97 Å². The van der Waals surface area contributed by atoms with Crippen molar-refractivity contribution in [2.45, 2.75) is 51.4 Å². The SMILES string of the molecule is CC1=Nc2cc(I)c(Br)c(I)c2C1(C)CCCCCC(=O)O. The number of hydrogen-bond donors (Lipinski definition) is 1. The molecule has 0 bridgehead atoms. The lowest BCUT2D eigenvalue weighted by Gasteiger charge is -2.28. The Hall–Kier alpha value is 0.300. The lowest BCUT2D eigenvalue weighted by atomic mass is 9.76. The van der Waals surface area contributed by atoms with Crippen LogP contribution in [0.25, 0.3) is 0 Å². The number of fused-ring (bicyclic) bond motifs is 1. The van der Waals surface area contributed by atoms with Crippen LogP contribution in [0, 0.1) is 7.14 Å². The molecule has 1 N–H and O–H groups in total. The highest BCUT2D eigenvalue weighted by atomic mass is 127. The summed E-state index contributed by atoms with van der Waals surface area (Å²) in [5.74, 6) is -0.705. The maximum absolute atomic E-state index is 10.6. The number of rotatable bonds is 6. The van der Waals surface area contributed by atoms with E-state index >= 15 is 0 Å². The molecular formula is C16H18BrI2NO2. The second-order valence-corrected chi connectivity index (χ2v) is 8.90. The van der Waals surface area contributed by atoms with Crippen LogP contribution in [0.4, 0.5) is 5.69 Å². The summed E-state index contributed by atoms with van der Waals surface area (Å²) in [6, 6.07) is 2.14. The lowest BCUT2D eigenvalue weighted by Crippen LogP contribution is -2.28. The van der Waals surface area contributed by atoms with Crippen LogP contribution in [0.15, 0.2) is 15.5 Å². The van der Waals surface area contributed by atoms with Gasteiger partial charge in [0.1, 0.15) is 0 Å². The van der Waals surface area contributed by atoms with Crippen LogP contribution < -0.4 is 0 Å². The molecule has 0 saturated carbocycles. The molecule has 1 unspecified atom stereocenters. The fourth-order valence-electron chi connectivity index (χ4n) is 2.92. The number of carbonyl (C=O) groups is 1. The molecule has 1 atom stereocenters. The molecular weight excluding hydrogens is 572 g/mol. The van der Waals surface area contributed by atoms with E-state index in [2.05, 4.69) is 81.0 Å². The molecule has 0 amide bonds. The van der Waals surface area contributed by atoms with Gasteiger partial charge in [-0.05, 0) is 86.9 Å². The first-order valence-electron chi connectivity index (χ1n) is 7.23. The third kappa shape index (κ3) is 3.68. The monoisotopic (exact) mass is 589 g/mol. The van der Waals surface area contributed by atoms with Crippen molar-refractivity contribution in [3.63, 3.8) is 0 Å². The molecule has 0 saturated heterocycles. The van der Waals surface area contributed by atoms with E-state index in [0.717, 1.165) is 41.6 Å². The minimum absolute atomic E-state index is 0.0397. The highest BCUT2D eigenvalue weighted by Crippen LogP contribution is 2.48. The van der Waals surface area contributed by atoms with Gasteiger partial charge in [0, 0.05) is 34.7 Å². The number of carboxylic acid groups (broad SMARTS) is 1. The molecule has 120 valence electrons. The number of unbranched alkanes of at least 4 members (excludes halogenated alkanes) is 2. The van der Waals surface area contributed by atoms with Gasteiger partial charge in [0.25, 0.3) is 0 Å². The number of carboxylic acids is 1. The Kier molecular flexibility index (Phi) is 6.32. The van der Waals surface area contributed by atoms with Crippen LogP contribution in [0.2, 0.25) is 0 Å². The zero-order chi connectivity index (χ0) is 16.5. The van der Waals surface area contributed by atoms with E-state index in [9.17, 15) is 4.79 Å². The second kappa shape index (κ2) is 7.46. The summed E-state index contributed by atoms with van der Waals surface area (Å²) >= 11 is 8.42. The maximum Gasteiger partial charge on any atom is 0.303 e. The molecule has 1 aromatic carbocycles. The Labute approximate surface area is 166 Å². The van der Waals surface area contributed by atoms with Gasteiger partial charge in [-0.15, -0.1) is 0 Å². The van der Waals surface area contributed by atoms with Crippen molar-refractivity contribution in [3.8, 4) is 0 Å². The van der Waals surface area contributed by atoms with Crippen LogP contribution in [0.5, 0.6) is 0 Å². The fraction of sp³-hybridized carbons (Fsp3) is 0.500. The Morgan fingerprint density at radius 3 is 2.68 bits per heavy atom. The molecule has 1 aromatic rings. The van der Waals surface area contributed by atoms with E-state index in [4.69, 9.17) is 10.1 Å². The largest absolute Gasteiger partial charge is 0.481 e. The van der Waals surface area contributed by atoms with E-state index in [1.807, 2.05) is 0 Å². The molecule has 2 rings (SSSR count). The average Bonchev–Trinajstić information content (AvgIpc) is 2.67. The smallest absolute Gasteiger partial charge is 0.303 e. The van der Waals surface area contributed by atoms with Gasteiger partial charge in [0.05, 0.1) is 5.69 Å². The van der Waals surface area contributed by atoms with Crippen molar-refractivity contribution in [2.24, 2.45) is 4.99 Å². The van der Waals surface area contributed by atoms with Gasteiger partial charge in [-0.3, -0.25) is 9.79 Å². The maximum atomic E-state index is 10.6. The van der Waals surface area contributed by atoms with Crippen molar-refractivity contribution in [1.29, 1.82) is 0 Å². The van der Waals surface area contributed by atoms with Gasteiger partial charge in [0.2, 0.25) is 0 Å². The Morgan fingerprint density at radius 2 is 2.05 bits per heavy atom. The third-order valence-corrected chi connectivity index (χ3v) is 8.58. The minimum atomic E-state index is -0.705.